The molecule has 0 amide bonds. The number of methoxy groups -OCH3 is 1. The number of likely N-dealkylation sites (tertiary alicyclic amines) is 1. The molecule has 2 aliphatic rings. The smallest absolute Gasteiger partial charge is 0.122 e. The van der Waals surface area contributed by atoms with Gasteiger partial charge in [-0.1, -0.05) is 30.9 Å². The highest BCUT2D eigenvalue weighted by atomic mass is 35.5. The molecule has 0 radical (unpaired) electrons. The van der Waals surface area contributed by atoms with Crippen molar-refractivity contribution in [1.29, 1.82) is 5.26 Å². The van der Waals surface area contributed by atoms with Gasteiger partial charge in [-0.05, 0) is 55.4 Å². The lowest BCUT2D eigenvalue weighted by Crippen LogP contribution is -2.52. The Kier molecular flexibility index (Phi) is 5.14. The van der Waals surface area contributed by atoms with Crippen LogP contribution in [0.1, 0.15) is 56.4 Å². The van der Waals surface area contributed by atoms with E-state index in [2.05, 4.69) is 11.0 Å². The van der Waals surface area contributed by atoms with Crippen LogP contribution in [0.4, 0.5) is 0 Å². The third kappa shape index (κ3) is 3.34. The molecule has 124 valence electrons. The summed E-state index contributed by atoms with van der Waals surface area (Å²) >= 11 is 6.18. The second-order valence-corrected chi connectivity index (χ2v) is 7.29. The summed E-state index contributed by atoms with van der Waals surface area (Å²) in [5.74, 6) is 1.40. The molecule has 23 heavy (non-hydrogen) atoms. The Hall–Kier alpha value is -1.24. The maximum absolute atomic E-state index is 9.77. The van der Waals surface area contributed by atoms with E-state index in [1.807, 2.05) is 18.2 Å². The largest absolute Gasteiger partial charge is 0.496 e. The zero-order chi connectivity index (χ0) is 16.3. The monoisotopic (exact) mass is 332 g/mol. The maximum Gasteiger partial charge on any atom is 0.122 e. The van der Waals surface area contributed by atoms with Gasteiger partial charge in [-0.25, -0.2) is 0 Å². The van der Waals surface area contributed by atoms with Crippen molar-refractivity contribution in [3.8, 4) is 11.8 Å². The predicted octanol–water partition coefficient (Wildman–Crippen LogP) is 4.75. The van der Waals surface area contributed by atoms with E-state index in [0.29, 0.717) is 5.92 Å². The van der Waals surface area contributed by atoms with Gasteiger partial charge in [0.1, 0.15) is 11.3 Å². The van der Waals surface area contributed by atoms with Crippen LogP contribution in [-0.2, 0) is 0 Å². The quantitative estimate of drug-likeness (QED) is 0.801. The van der Waals surface area contributed by atoms with Crippen LogP contribution in [0.3, 0.4) is 0 Å². The van der Waals surface area contributed by atoms with Crippen LogP contribution in [0.25, 0.3) is 0 Å². The lowest BCUT2D eigenvalue weighted by molar-refractivity contribution is 0.0710. The summed E-state index contributed by atoms with van der Waals surface area (Å²) in [6.45, 7) is 1.99. The van der Waals surface area contributed by atoms with E-state index in [1.54, 1.807) is 7.11 Å². The van der Waals surface area contributed by atoms with Gasteiger partial charge in [0.25, 0.3) is 0 Å². The summed E-state index contributed by atoms with van der Waals surface area (Å²) in [5, 5.41) is 10.5. The molecule has 0 N–H and O–H groups in total. The fourth-order valence-corrected chi connectivity index (χ4v) is 4.46. The predicted molar refractivity (Wildman–Crippen MR) is 93.0 cm³/mol. The van der Waals surface area contributed by atoms with Crippen molar-refractivity contribution in [2.75, 3.05) is 20.2 Å². The standard InChI is InChI=1S/C19H25ClN2O/c1-23-18-6-5-16(20)13-17(18)15-7-11-22(12-8-15)19(14-21)9-3-2-4-10-19/h5-6,13,15H,2-4,7-12H2,1H3. The summed E-state index contributed by atoms with van der Waals surface area (Å²) in [6.07, 6.45) is 7.87. The normalized spacial score (nSPS) is 22.5. The number of hydrogen-bond acceptors (Lipinski definition) is 3. The summed E-state index contributed by atoms with van der Waals surface area (Å²) in [7, 11) is 1.72. The van der Waals surface area contributed by atoms with Crippen molar-refractivity contribution < 1.29 is 4.74 Å². The average molecular weight is 333 g/mol. The van der Waals surface area contributed by atoms with E-state index >= 15 is 0 Å². The fraction of sp³-hybridized carbons (Fsp3) is 0.632. The Bertz CT molecular complexity index is 582. The Labute approximate surface area is 144 Å². The second-order valence-electron chi connectivity index (χ2n) is 6.85. The van der Waals surface area contributed by atoms with Crippen molar-refractivity contribution in [3.05, 3.63) is 28.8 Å². The molecule has 1 aromatic rings. The molecule has 0 unspecified atom stereocenters. The lowest BCUT2D eigenvalue weighted by atomic mass is 9.79. The van der Waals surface area contributed by atoms with E-state index in [9.17, 15) is 5.26 Å². The van der Waals surface area contributed by atoms with Gasteiger partial charge in [0.05, 0.1) is 13.2 Å². The SMILES string of the molecule is COc1ccc(Cl)cc1C1CCN(C2(C#N)CCCCC2)CC1. The molecule has 2 fully saturated rings. The topological polar surface area (TPSA) is 36.3 Å². The highest BCUT2D eigenvalue weighted by Gasteiger charge is 2.40. The number of nitrogens with zero attached hydrogens (tertiary/aromatic N) is 2. The summed E-state index contributed by atoms with van der Waals surface area (Å²) in [5.41, 5.74) is 1.01. The molecule has 0 atom stereocenters. The average Bonchev–Trinajstić information content (AvgIpc) is 2.62. The first-order chi connectivity index (χ1) is 11.2. The van der Waals surface area contributed by atoms with Crippen LogP contribution in [0.2, 0.25) is 5.02 Å². The number of benzene rings is 1. The molecule has 0 bridgehead atoms. The molecule has 0 spiro atoms. The molecule has 1 aromatic carbocycles. The van der Waals surface area contributed by atoms with Crippen LogP contribution in [0.15, 0.2) is 18.2 Å². The number of rotatable bonds is 3. The van der Waals surface area contributed by atoms with E-state index in [-0.39, 0.29) is 5.54 Å². The van der Waals surface area contributed by atoms with E-state index < -0.39 is 0 Å². The Morgan fingerprint density at radius 1 is 1.22 bits per heavy atom. The Balaban J connectivity index is 1.71. The van der Waals surface area contributed by atoms with Gasteiger partial charge in [0.15, 0.2) is 0 Å². The number of ether oxygens (including phenoxy) is 1. The van der Waals surface area contributed by atoms with Crippen molar-refractivity contribution in [3.63, 3.8) is 0 Å². The zero-order valence-electron chi connectivity index (χ0n) is 13.9. The summed E-state index contributed by atoms with van der Waals surface area (Å²) in [6, 6.07) is 8.54. The molecule has 0 aromatic heterocycles. The highest BCUT2D eigenvalue weighted by molar-refractivity contribution is 6.30. The Morgan fingerprint density at radius 2 is 1.91 bits per heavy atom. The first-order valence-electron chi connectivity index (χ1n) is 8.68. The van der Waals surface area contributed by atoms with Crippen LogP contribution in [0, 0.1) is 11.3 Å². The van der Waals surface area contributed by atoms with E-state index in [0.717, 1.165) is 49.5 Å². The van der Waals surface area contributed by atoms with Gasteiger partial charge in [-0.2, -0.15) is 5.26 Å². The molecule has 4 heteroatoms. The Morgan fingerprint density at radius 3 is 2.52 bits per heavy atom. The minimum absolute atomic E-state index is 0.207. The first-order valence-corrected chi connectivity index (χ1v) is 9.06. The third-order valence-electron chi connectivity index (χ3n) is 5.62. The number of hydrogen-bond donors (Lipinski definition) is 0. The molecule has 1 aliphatic carbocycles. The van der Waals surface area contributed by atoms with Gasteiger partial charge in [0.2, 0.25) is 0 Å². The van der Waals surface area contributed by atoms with Crippen LogP contribution in [0.5, 0.6) is 5.75 Å². The molecule has 3 nitrogen and oxygen atoms in total. The van der Waals surface area contributed by atoms with Crippen molar-refractivity contribution in [2.45, 2.75) is 56.4 Å². The van der Waals surface area contributed by atoms with Crippen molar-refractivity contribution in [2.24, 2.45) is 0 Å². The van der Waals surface area contributed by atoms with Crippen molar-refractivity contribution in [1.82, 2.24) is 4.90 Å². The molecule has 1 saturated heterocycles. The third-order valence-corrected chi connectivity index (χ3v) is 5.86. The molecular formula is C19H25ClN2O. The summed E-state index contributed by atoms with van der Waals surface area (Å²) in [4.78, 5) is 2.44. The molecule has 1 saturated carbocycles. The molecule has 1 heterocycles. The fourth-order valence-electron chi connectivity index (χ4n) is 4.28. The number of nitriles is 1. The van der Waals surface area contributed by atoms with Gasteiger partial charge in [-0.15, -0.1) is 0 Å². The van der Waals surface area contributed by atoms with Gasteiger partial charge >= 0.3 is 0 Å². The van der Waals surface area contributed by atoms with Gasteiger partial charge in [0, 0.05) is 18.1 Å². The summed E-state index contributed by atoms with van der Waals surface area (Å²) < 4.78 is 5.51. The molecule has 1 aliphatic heterocycles. The molecule has 3 rings (SSSR count). The number of piperidine rings is 1. The first kappa shape index (κ1) is 16.6. The lowest BCUT2D eigenvalue weighted by Gasteiger charge is -2.45. The van der Waals surface area contributed by atoms with Crippen LogP contribution >= 0.6 is 11.6 Å². The zero-order valence-corrected chi connectivity index (χ0v) is 14.6. The minimum atomic E-state index is -0.207. The number of halogens is 1. The maximum atomic E-state index is 9.77. The second kappa shape index (κ2) is 7.11. The molecular weight excluding hydrogens is 308 g/mol. The van der Waals surface area contributed by atoms with Gasteiger partial charge in [-0.3, -0.25) is 4.90 Å². The van der Waals surface area contributed by atoms with Crippen molar-refractivity contribution >= 4 is 11.6 Å². The highest BCUT2D eigenvalue weighted by Crippen LogP contribution is 2.40. The van der Waals surface area contributed by atoms with Gasteiger partial charge < -0.3 is 4.74 Å². The minimum Gasteiger partial charge on any atom is -0.496 e. The van der Waals surface area contributed by atoms with E-state index in [1.165, 1.54) is 24.8 Å². The van der Waals surface area contributed by atoms with Crippen LogP contribution < -0.4 is 4.74 Å². The van der Waals surface area contributed by atoms with E-state index in [4.69, 9.17) is 16.3 Å². The van der Waals surface area contributed by atoms with Crippen LogP contribution in [-0.4, -0.2) is 30.6 Å².